The van der Waals surface area contributed by atoms with Crippen molar-refractivity contribution in [2.24, 2.45) is 0 Å². The Bertz CT molecular complexity index is 61.2. The summed E-state index contributed by atoms with van der Waals surface area (Å²) in [6.07, 6.45) is -1.34. The lowest BCUT2D eigenvalue weighted by Gasteiger charge is -2.00. The maximum absolute atomic E-state index is 9.34. The van der Waals surface area contributed by atoms with E-state index in [1.54, 1.807) is 0 Å². The molecule has 0 saturated carbocycles. The van der Waals surface area contributed by atoms with Crippen LogP contribution >= 0.6 is 12.4 Å². The van der Waals surface area contributed by atoms with E-state index in [0.29, 0.717) is 0 Å². The Balaban J connectivity index is 0. The lowest BCUT2D eigenvalue weighted by Crippen LogP contribution is -2.32. The van der Waals surface area contributed by atoms with Gasteiger partial charge in [0.15, 0.2) is 0 Å². The van der Waals surface area contributed by atoms with Gasteiger partial charge in [-0.3, -0.25) is 0 Å². The minimum absolute atomic E-state index is 0. The molecule has 0 fully saturated rings. The van der Waals surface area contributed by atoms with Gasteiger partial charge in [-0.05, 0) is 6.92 Å². The molecule has 0 aliphatic heterocycles. The van der Waals surface area contributed by atoms with Gasteiger partial charge >= 0.3 is 0 Å². The number of hydrogen-bond donors (Lipinski definition) is 1. The number of rotatable bonds is 1. The summed E-state index contributed by atoms with van der Waals surface area (Å²) in [6, 6.07) is 0. The van der Waals surface area contributed by atoms with Crippen LogP contribution in [-0.4, -0.2) is 17.2 Å². The molecule has 0 saturated heterocycles. The Morgan fingerprint density at radius 1 is 1.86 bits per heavy atom. The van der Waals surface area contributed by atoms with E-state index in [-0.39, 0.29) is 12.4 Å². The molecule has 0 rings (SSSR count). The second kappa shape index (κ2) is 3.89. The molecule has 0 bridgehead atoms. The fourth-order valence-corrected chi connectivity index (χ4v) is 0. The third-order valence-electron chi connectivity index (χ3n) is 0.341. The summed E-state index contributed by atoms with van der Waals surface area (Å²) in [7, 11) is 0. The minimum Gasteiger partial charge on any atom is -0.547 e. The number of carbonyl (C=O) groups excluding carboxylic acids is 1. The Morgan fingerprint density at radius 3 is 2.00 bits per heavy atom. The molecule has 0 radical (unpaired) electrons. The highest BCUT2D eigenvalue weighted by molar-refractivity contribution is 5.85. The summed E-state index contributed by atoms with van der Waals surface area (Å²) >= 11 is 0. The highest BCUT2D eigenvalue weighted by Gasteiger charge is 1.89. The van der Waals surface area contributed by atoms with Crippen LogP contribution in [0.1, 0.15) is 6.92 Å². The van der Waals surface area contributed by atoms with E-state index in [9.17, 15) is 9.90 Å². The van der Waals surface area contributed by atoms with Crippen molar-refractivity contribution >= 4 is 18.4 Å². The maximum atomic E-state index is 9.34. The predicted molar refractivity (Wildman–Crippen MR) is 23.9 cm³/mol. The molecule has 1 unspecified atom stereocenters. The number of carbonyl (C=O) groups is 1. The Hall–Kier alpha value is -0.280. The minimum atomic E-state index is -1.44. The molecular formula is C3H6ClO3-. The van der Waals surface area contributed by atoms with Crippen molar-refractivity contribution in [2.75, 3.05) is 0 Å². The molecule has 0 aromatic carbocycles. The fraction of sp³-hybridized carbons (Fsp3) is 0.667. The lowest BCUT2D eigenvalue weighted by atomic mass is 10.4. The largest absolute Gasteiger partial charge is 0.547 e. The average molecular weight is 126 g/mol. The van der Waals surface area contributed by atoms with E-state index in [1.807, 2.05) is 0 Å². The number of aliphatic carboxylic acids is 1. The van der Waals surface area contributed by atoms with Crippen molar-refractivity contribution in [1.29, 1.82) is 0 Å². The molecule has 1 atom stereocenters. The predicted octanol–water partition coefficient (Wildman–Crippen LogP) is -1.46. The molecule has 1 N–H and O–H groups in total. The van der Waals surface area contributed by atoms with Crippen LogP contribution < -0.4 is 5.11 Å². The van der Waals surface area contributed by atoms with Crippen LogP contribution in [-0.2, 0) is 4.79 Å². The van der Waals surface area contributed by atoms with Gasteiger partial charge in [-0.2, -0.15) is 0 Å². The van der Waals surface area contributed by atoms with Gasteiger partial charge in [-0.1, -0.05) is 0 Å². The molecule has 0 amide bonds. The quantitative estimate of drug-likeness (QED) is 0.466. The molecule has 0 heterocycles. The van der Waals surface area contributed by atoms with Crippen molar-refractivity contribution < 1.29 is 15.0 Å². The van der Waals surface area contributed by atoms with Gasteiger partial charge < -0.3 is 15.0 Å². The molecule has 0 spiro atoms. The van der Waals surface area contributed by atoms with Gasteiger partial charge in [0.1, 0.15) is 0 Å². The third kappa shape index (κ3) is 5.72. The molecule has 4 heteroatoms. The Morgan fingerprint density at radius 2 is 2.00 bits per heavy atom. The topological polar surface area (TPSA) is 60.4 Å². The normalized spacial score (nSPS) is 11.7. The van der Waals surface area contributed by atoms with Crippen LogP contribution in [0.25, 0.3) is 0 Å². The summed E-state index contributed by atoms with van der Waals surface area (Å²) in [5.74, 6) is -1.44. The molecule has 3 nitrogen and oxygen atoms in total. The van der Waals surface area contributed by atoms with Crippen LogP contribution in [0, 0.1) is 0 Å². The van der Waals surface area contributed by atoms with Gasteiger partial charge in [0, 0.05) is 0 Å². The molecule has 7 heavy (non-hydrogen) atoms. The molecule has 0 aromatic heterocycles. The molecule has 0 aliphatic rings. The van der Waals surface area contributed by atoms with E-state index in [0.717, 1.165) is 6.92 Å². The first-order valence-corrected chi connectivity index (χ1v) is 1.53. The first kappa shape index (κ1) is 9.87. The summed E-state index contributed by atoms with van der Waals surface area (Å²) in [5, 5.41) is 17.3. The summed E-state index contributed by atoms with van der Waals surface area (Å²) in [6.45, 7) is 1.13. The highest BCUT2D eigenvalue weighted by Crippen LogP contribution is 1.69. The summed E-state index contributed by atoms with van der Waals surface area (Å²) in [4.78, 5) is 9.34. The van der Waals surface area contributed by atoms with Crippen molar-refractivity contribution in [3.63, 3.8) is 0 Å². The van der Waals surface area contributed by atoms with Crippen LogP contribution in [0.5, 0.6) is 0 Å². The Labute approximate surface area is 47.4 Å². The summed E-state index contributed by atoms with van der Waals surface area (Å²) in [5.41, 5.74) is 0. The first-order valence-electron chi connectivity index (χ1n) is 1.53. The molecular weight excluding hydrogens is 119 g/mol. The average Bonchev–Trinajstić information content (AvgIpc) is 1.36. The fourth-order valence-electron chi connectivity index (χ4n) is 0. The van der Waals surface area contributed by atoms with Crippen molar-refractivity contribution in [3.8, 4) is 0 Å². The van der Waals surface area contributed by atoms with Crippen LogP contribution in [0.15, 0.2) is 0 Å². The number of carboxylic acid groups (broad SMARTS) is 1. The van der Waals surface area contributed by atoms with Gasteiger partial charge in [0.25, 0.3) is 0 Å². The smallest absolute Gasteiger partial charge is 0.0905 e. The zero-order valence-corrected chi connectivity index (χ0v) is 4.57. The number of aliphatic hydroxyl groups is 1. The maximum Gasteiger partial charge on any atom is 0.0905 e. The van der Waals surface area contributed by atoms with Gasteiger partial charge in [0.05, 0.1) is 12.1 Å². The van der Waals surface area contributed by atoms with E-state index in [1.165, 1.54) is 0 Å². The van der Waals surface area contributed by atoms with E-state index < -0.39 is 12.1 Å². The van der Waals surface area contributed by atoms with Crippen LogP contribution in [0.3, 0.4) is 0 Å². The van der Waals surface area contributed by atoms with Gasteiger partial charge in [-0.25, -0.2) is 0 Å². The molecule has 0 aliphatic carbocycles. The second-order valence-electron chi connectivity index (χ2n) is 0.995. The molecule has 0 aromatic rings. The van der Waals surface area contributed by atoms with Gasteiger partial charge in [0.2, 0.25) is 0 Å². The standard InChI is InChI=1S/C3H6O3.ClH/c1-2(4)3(5)6;/h2,4H,1H3,(H,5,6);1H/p-1. The van der Waals surface area contributed by atoms with Crippen molar-refractivity contribution in [3.05, 3.63) is 0 Å². The lowest BCUT2D eigenvalue weighted by molar-refractivity contribution is -0.314. The van der Waals surface area contributed by atoms with Crippen LogP contribution in [0.4, 0.5) is 0 Å². The number of hydrogen-bond acceptors (Lipinski definition) is 3. The zero-order chi connectivity index (χ0) is 5.15. The van der Waals surface area contributed by atoms with E-state index in [2.05, 4.69) is 0 Å². The van der Waals surface area contributed by atoms with E-state index in [4.69, 9.17) is 5.11 Å². The monoisotopic (exact) mass is 125 g/mol. The van der Waals surface area contributed by atoms with Crippen LogP contribution in [0.2, 0.25) is 0 Å². The third-order valence-corrected chi connectivity index (χ3v) is 0.341. The first-order chi connectivity index (χ1) is 2.64. The SMILES string of the molecule is CC(O)C(=O)[O-].Cl. The van der Waals surface area contributed by atoms with Crippen molar-refractivity contribution in [2.45, 2.75) is 13.0 Å². The van der Waals surface area contributed by atoms with Crippen molar-refractivity contribution in [1.82, 2.24) is 0 Å². The Kier molecular flexibility index (Phi) is 5.49. The number of aliphatic hydroxyl groups excluding tert-OH is 1. The highest BCUT2D eigenvalue weighted by atomic mass is 35.5. The van der Waals surface area contributed by atoms with Gasteiger partial charge in [-0.15, -0.1) is 12.4 Å². The zero-order valence-electron chi connectivity index (χ0n) is 3.75. The van der Waals surface area contributed by atoms with E-state index >= 15 is 0 Å². The number of carboxylic acids is 1. The summed E-state index contributed by atoms with van der Waals surface area (Å²) < 4.78 is 0. The second-order valence-corrected chi connectivity index (χ2v) is 0.995. The number of halogens is 1. The molecule has 44 valence electrons.